The fourth-order valence-electron chi connectivity index (χ4n) is 1.45. The summed E-state index contributed by atoms with van der Waals surface area (Å²) in [5.74, 6) is 0.579. The Kier molecular flexibility index (Phi) is 4.69. The summed E-state index contributed by atoms with van der Waals surface area (Å²) in [6.07, 6.45) is 0. The maximum absolute atomic E-state index is 11.9. The molecule has 17 heavy (non-hydrogen) atoms. The van der Waals surface area contributed by atoms with Crippen molar-refractivity contribution in [3.05, 3.63) is 36.0 Å². The van der Waals surface area contributed by atoms with Crippen molar-refractivity contribution in [2.45, 2.75) is 20.8 Å². The van der Waals surface area contributed by atoms with Crippen LogP contribution in [0.2, 0.25) is 0 Å². The lowest BCUT2D eigenvalue weighted by atomic mass is 10.3. The summed E-state index contributed by atoms with van der Waals surface area (Å²) in [6.45, 7) is 10.7. The molecule has 0 aliphatic rings. The topological polar surface area (TPSA) is 45.2 Å². The van der Waals surface area contributed by atoms with Crippen LogP contribution in [0.4, 0.5) is 10.6 Å². The van der Waals surface area contributed by atoms with E-state index in [1.807, 2.05) is 32.9 Å². The van der Waals surface area contributed by atoms with E-state index in [2.05, 4.69) is 16.9 Å². The largest absolute Gasteiger partial charge is 0.323 e. The molecule has 0 unspecified atom stereocenters. The van der Waals surface area contributed by atoms with Crippen LogP contribution in [0.1, 0.15) is 19.5 Å². The van der Waals surface area contributed by atoms with Gasteiger partial charge in [0.05, 0.1) is 0 Å². The molecule has 1 aromatic heterocycles. The molecule has 0 atom stereocenters. The molecule has 0 aliphatic heterocycles. The van der Waals surface area contributed by atoms with E-state index >= 15 is 0 Å². The summed E-state index contributed by atoms with van der Waals surface area (Å²) >= 11 is 0. The number of carbonyl (C=O) groups is 1. The fraction of sp³-hybridized carbons (Fsp3) is 0.385. The van der Waals surface area contributed by atoms with Gasteiger partial charge in [0.15, 0.2) is 0 Å². The van der Waals surface area contributed by atoms with Gasteiger partial charge in [0, 0.05) is 18.8 Å². The van der Waals surface area contributed by atoms with Crippen LogP contribution in [0, 0.1) is 6.92 Å². The minimum absolute atomic E-state index is 0.145. The number of likely N-dealkylation sites (N-methyl/N-ethyl adjacent to an activating group) is 1. The van der Waals surface area contributed by atoms with Crippen molar-refractivity contribution in [2.75, 3.05) is 18.4 Å². The summed E-state index contributed by atoms with van der Waals surface area (Å²) in [4.78, 5) is 17.8. The van der Waals surface area contributed by atoms with Gasteiger partial charge in [-0.3, -0.25) is 5.32 Å². The van der Waals surface area contributed by atoms with Crippen LogP contribution in [-0.4, -0.2) is 29.0 Å². The number of hydrogen-bond donors (Lipinski definition) is 1. The van der Waals surface area contributed by atoms with E-state index in [-0.39, 0.29) is 6.03 Å². The number of aryl methyl sites for hydroxylation is 1. The number of urea groups is 1. The van der Waals surface area contributed by atoms with Gasteiger partial charge in [-0.15, -0.1) is 0 Å². The molecule has 0 radical (unpaired) electrons. The Hall–Kier alpha value is -1.84. The molecule has 0 saturated heterocycles. The lowest BCUT2D eigenvalue weighted by Crippen LogP contribution is -2.36. The highest BCUT2D eigenvalue weighted by Crippen LogP contribution is 2.06. The highest BCUT2D eigenvalue weighted by Gasteiger charge is 2.11. The summed E-state index contributed by atoms with van der Waals surface area (Å²) in [7, 11) is 0. The van der Waals surface area contributed by atoms with Gasteiger partial charge in [-0.25, -0.2) is 9.78 Å². The van der Waals surface area contributed by atoms with Gasteiger partial charge in [0.25, 0.3) is 0 Å². The Morgan fingerprint density at radius 2 is 2.24 bits per heavy atom. The molecule has 1 heterocycles. The van der Waals surface area contributed by atoms with Crippen molar-refractivity contribution < 1.29 is 4.79 Å². The number of nitrogens with one attached hydrogen (secondary N) is 1. The van der Waals surface area contributed by atoms with Gasteiger partial charge in [0.1, 0.15) is 5.82 Å². The molecule has 1 N–H and O–H groups in total. The van der Waals surface area contributed by atoms with Crippen molar-refractivity contribution in [3.63, 3.8) is 0 Å². The first kappa shape index (κ1) is 13.2. The standard InChI is InChI=1S/C13H19N3O/c1-5-16(9-10(2)3)13(17)15-12-8-6-7-11(4)14-12/h6-8H,2,5,9H2,1,3-4H3,(H,14,15,17). The lowest BCUT2D eigenvalue weighted by molar-refractivity contribution is 0.218. The van der Waals surface area contributed by atoms with Crippen LogP contribution in [0.15, 0.2) is 30.4 Å². The van der Waals surface area contributed by atoms with Crippen molar-refractivity contribution in [1.82, 2.24) is 9.88 Å². The predicted molar refractivity (Wildman–Crippen MR) is 70.1 cm³/mol. The average Bonchev–Trinajstić information content (AvgIpc) is 2.25. The van der Waals surface area contributed by atoms with Crippen molar-refractivity contribution in [3.8, 4) is 0 Å². The Balaban J connectivity index is 2.67. The van der Waals surface area contributed by atoms with Gasteiger partial charge in [0.2, 0.25) is 0 Å². The second-order valence-electron chi connectivity index (χ2n) is 4.07. The van der Waals surface area contributed by atoms with E-state index in [0.717, 1.165) is 11.3 Å². The number of aromatic nitrogens is 1. The van der Waals surface area contributed by atoms with Gasteiger partial charge in [-0.1, -0.05) is 18.2 Å². The first-order chi connectivity index (χ1) is 8.02. The molecule has 2 amide bonds. The fourth-order valence-corrected chi connectivity index (χ4v) is 1.45. The summed E-state index contributed by atoms with van der Waals surface area (Å²) in [6, 6.07) is 5.39. The smallest absolute Gasteiger partial charge is 0.321 e. The zero-order valence-electron chi connectivity index (χ0n) is 10.7. The molecule has 0 aromatic carbocycles. The number of hydrogen-bond acceptors (Lipinski definition) is 2. The molecule has 0 saturated carbocycles. The number of pyridine rings is 1. The maximum atomic E-state index is 11.9. The molecule has 92 valence electrons. The van der Waals surface area contributed by atoms with Crippen molar-refractivity contribution >= 4 is 11.8 Å². The third-order valence-corrected chi connectivity index (χ3v) is 2.25. The zero-order valence-corrected chi connectivity index (χ0v) is 10.7. The van der Waals surface area contributed by atoms with Crippen LogP contribution in [-0.2, 0) is 0 Å². The lowest BCUT2D eigenvalue weighted by Gasteiger charge is -2.21. The highest BCUT2D eigenvalue weighted by molar-refractivity contribution is 5.88. The molecule has 0 aliphatic carbocycles. The Morgan fingerprint density at radius 1 is 1.53 bits per heavy atom. The molecule has 0 fully saturated rings. The van der Waals surface area contributed by atoms with Crippen LogP contribution in [0.25, 0.3) is 0 Å². The van der Waals surface area contributed by atoms with Gasteiger partial charge < -0.3 is 4.90 Å². The molecule has 4 heteroatoms. The average molecular weight is 233 g/mol. The molecule has 1 aromatic rings. The summed E-state index contributed by atoms with van der Waals surface area (Å²) in [5, 5.41) is 2.77. The van der Waals surface area contributed by atoms with E-state index in [1.54, 1.807) is 11.0 Å². The van der Waals surface area contributed by atoms with E-state index < -0.39 is 0 Å². The van der Waals surface area contributed by atoms with Gasteiger partial charge in [-0.2, -0.15) is 0 Å². The molecular formula is C13H19N3O. The van der Waals surface area contributed by atoms with Crippen molar-refractivity contribution in [1.29, 1.82) is 0 Å². The second-order valence-corrected chi connectivity index (χ2v) is 4.07. The third-order valence-electron chi connectivity index (χ3n) is 2.25. The van der Waals surface area contributed by atoms with E-state index in [9.17, 15) is 4.79 Å². The van der Waals surface area contributed by atoms with Crippen LogP contribution in [0.5, 0.6) is 0 Å². The Morgan fingerprint density at radius 3 is 2.76 bits per heavy atom. The van der Waals surface area contributed by atoms with Crippen LogP contribution in [0.3, 0.4) is 0 Å². The molecule has 1 rings (SSSR count). The number of rotatable bonds is 4. The third kappa shape index (κ3) is 4.26. The number of amides is 2. The van der Waals surface area contributed by atoms with E-state index in [0.29, 0.717) is 18.9 Å². The highest BCUT2D eigenvalue weighted by atomic mass is 16.2. The second kappa shape index (κ2) is 6.03. The minimum Gasteiger partial charge on any atom is -0.321 e. The Labute approximate surface area is 102 Å². The number of nitrogens with zero attached hydrogens (tertiary/aromatic N) is 2. The minimum atomic E-state index is -0.145. The van der Waals surface area contributed by atoms with E-state index in [1.165, 1.54) is 0 Å². The SMILES string of the molecule is C=C(C)CN(CC)C(=O)Nc1cccc(C)n1. The zero-order chi connectivity index (χ0) is 12.8. The first-order valence-electron chi connectivity index (χ1n) is 5.67. The number of carbonyl (C=O) groups excluding carboxylic acids is 1. The quantitative estimate of drug-likeness (QED) is 0.813. The molecule has 0 bridgehead atoms. The van der Waals surface area contributed by atoms with Crippen molar-refractivity contribution in [2.24, 2.45) is 0 Å². The molecule has 0 spiro atoms. The Bertz CT molecular complexity index is 415. The van der Waals surface area contributed by atoms with Crippen LogP contribution >= 0.6 is 0 Å². The van der Waals surface area contributed by atoms with Gasteiger partial charge in [-0.05, 0) is 32.9 Å². The summed E-state index contributed by atoms with van der Waals surface area (Å²) in [5.41, 5.74) is 1.84. The molecular weight excluding hydrogens is 214 g/mol. The normalized spacial score (nSPS) is 9.82. The molecule has 4 nitrogen and oxygen atoms in total. The summed E-state index contributed by atoms with van der Waals surface area (Å²) < 4.78 is 0. The maximum Gasteiger partial charge on any atom is 0.323 e. The monoisotopic (exact) mass is 233 g/mol. The van der Waals surface area contributed by atoms with Gasteiger partial charge >= 0.3 is 6.03 Å². The predicted octanol–water partition coefficient (Wildman–Crippen LogP) is 2.82. The van der Waals surface area contributed by atoms with Crippen LogP contribution < -0.4 is 5.32 Å². The van der Waals surface area contributed by atoms with E-state index in [4.69, 9.17) is 0 Å². The number of anilines is 1. The first-order valence-corrected chi connectivity index (χ1v) is 5.67.